The molecule has 0 amide bonds. The first-order chi connectivity index (χ1) is 6.17. The predicted molar refractivity (Wildman–Crippen MR) is 71.0 cm³/mol. The molecule has 0 aliphatic carbocycles. The molecule has 0 spiro atoms. The van der Waals surface area contributed by atoms with Crippen molar-refractivity contribution < 1.29 is 4.79 Å². The van der Waals surface area contributed by atoms with Gasteiger partial charge in [-0.05, 0) is 34.2 Å². The summed E-state index contributed by atoms with van der Waals surface area (Å²) in [5.41, 5.74) is 1.89. The van der Waals surface area contributed by atoms with Gasteiger partial charge in [0.1, 0.15) is 0 Å². The van der Waals surface area contributed by atoms with Crippen LogP contribution in [-0.4, -0.2) is 23.5 Å². The lowest BCUT2D eigenvalue weighted by Crippen LogP contribution is -2.10. The van der Waals surface area contributed by atoms with Gasteiger partial charge in [-0.2, -0.15) is 0 Å². The minimum absolute atomic E-state index is 0.0991. The first-order valence-corrected chi connectivity index (χ1v) is 9.11. The van der Waals surface area contributed by atoms with Crippen LogP contribution in [0.4, 0.5) is 0 Å². The summed E-state index contributed by atoms with van der Waals surface area (Å²) in [6.45, 7) is 2.00. The van der Waals surface area contributed by atoms with Crippen molar-refractivity contribution in [1.29, 1.82) is 0 Å². The van der Waals surface area contributed by atoms with Gasteiger partial charge in [0.25, 0.3) is 0 Å². The van der Waals surface area contributed by atoms with E-state index in [1.54, 1.807) is 0 Å². The molecule has 3 heteroatoms. The molecule has 1 nitrogen and oxygen atoms in total. The van der Waals surface area contributed by atoms with E-state index in [0.717, 1.165) is 11.1 Å². The third-order valence-corrected chi connectivity index (χ3v) is 4.12. The molecule has 0 N–H and O–H groups in total. The number of aryl methyl sites for hydroxylation is 1. The summed E-state index contributed by atoms with van der Waals surface area (Å²) in [6, 6.07) is 7.59. The van der Waals surface area contributed by atoms with Gasteiger partial charge in [-0.25, -0.2) is 0 Å². The third kappa shape index (κ3) is 2.79. The first-order valence-electron chi connectivity index (χ1n) is 4.24. The van der Waals surface area contributed by atoms with Crippen molar-refractivity contribution in [3.8, 4) is 0 Å². The van der Waals surface area contributed by atoms with Crippen LogP contribution in [0.1, 0.15) is 15.9 Å². The van der Waals surface area contributed by atoms with E-state index in [9.17, 15) is 4.79 Å². The molecule has 0 saturated heterocycles. The number of benzene rings is 1. The van der Waals surface area contributed by atoms with E-state index >= 15 is 0 Å². The van der Waals surface area contributed by atoms with Crippen molar-refractivity contribution in [3.63, 3.8) is 0 Å². The minimum atomic E-state index is -2.32. The SMILES string of the molecule is C=S(C)(C)(Br)C(=O)c1ccc(C)cc1. The molecule has 14 heavy (non-hydrogen) atoms. The molecule has 1 aromatic rings. The number of carbonyl (C=O) groups excluding carboxylic acids is 1. The molecule has 78 valence electrons. The largest absolute Gasteiger partial charge is 0.283 e. The number of rotatable bonds is 1. The molecule has 0 radical (unpaired) electrons. The molecule has 1 rings (SSSR count). The molecular weight excluding hydrogens is 260 g/mol. The summed E-state index contributed by atoms with van der Waals surface area (Å²) in [5, 5.41) is 0.0991. The zero-order valence-electron chi connectivity index (χ0n) is 8.71. The second-order valence-electron chi connectivity index (χ2n) is 4.19. The van der Waals surface area contributed by atoms with E-state index in [1.807, 2.05) is 43.7 Å². The van der Waals surface area contributed by atoms with Crippen LogP contribution in [0.5, 0.6) is 0 Å². The molecule has 0 saturated carbocycles. The van der Waals surface area contributed by atoms with E-state index in [4.69, 9.17) is 0 Å². The fraction of sp³-hybridized carbons (Fsp3) is 0.273. The first kappa shape index (κ1) is 11.7. The van der Waals surface area contributed by atoms with E-state index in [0.29, 0.717) is 0 Å². The minimum Gasteiger partial charge on any atom is -0.283 e. The Kier molecular flexibility index (Phi) is 2.76. The van der Waals surface area contributed by atoms with Crippen LogP contribution in [0.2, 0.25) is 0 Å². The van der Waals surface area contributed by atoms with Crippen molar-refractivity contribution in [3.05, 3.63) is 35.4 Å². The van der Waals surface area contributed by atoms with Crippen molar-refractivity contribution in [1.82, 2.24) is 0 Å². The van der Waals surface area contributed by atoms with Gasteiger partial charge in [0, 0.05) is 5.56 Å². The van der Waals surface area contributed by atoms with Crippen molar-refractivity contribution in [2.24, 2.45) is 0 Å². The molecule has 0 fully saturated rings. The second-order valence-corrected chi connectivity index (χ2v) is 14.9. The lowest BCUT2D eigenvalue weighted by atomic mass is 10.2. The van der Waals surface area contributed by atoms with Crippen LogP contribution < -0.4 is 0 Å². The molecule has 0 atom stereocenters. The summed E-state index contributed by atoms with van der Waals surface area (Å²) in [6.07, 6.45) is 3.75. The van der Waals surface area contributed by atoms with E-state index in [2.05, 4.69) is 20.7 Å². The van der Waals surface area contributed by atoms with E-state index in [-0.39, 0.29) is 5.12 Å². The lowest BCUT2D eigenvalue weighted by molar-refractivity contribution is 0.108. The Labute approximate surface area is 92.6 Å². The molecule has 1 aromatic carbocycles. The van der Waals surface area contributed by atoms with Crippen LogP contribution >= 0.6 is 22.0 Å². The van der Waals surface area contributed by atoms with Gasteiger partial charge in [0.15, 0.2) is 0 Å². The Morgan fingerprint density at radius 3 is 2.07 bits per heavy atom. The lowest BCUT2D eigenvalue weighted by Gasteiger charge is -2.30. The van der Waals surface area contributed by atoms with Gasteiger partial charge in [0.2, 0.25) is 5.12 Å². The highest BCUT2D eigenvalue weighted by Crippen LogP contribution is 2.59. The standard InChI is InChI=1S/C11H15BrOS/c1-9-5-7-10(8-6-9)11(13)14(2,3,4)12/h5-8H,2H2,1,3-4H3. The monoisotopic (exact) mass is 274 g/mol. The van der Waals surface area contributed by atoms with Gasteiger partial charge < -0.3 is 0 Å². The van der Waals surface area contributed by atoms with Crippen LogP contribution in [-0.2, 0) is 0 Å². The Bertz CT molecular complexity index is 414. The van der Waals surface area contributed by atoms with Crippen LogP contribution in [0.3, 0.4) is 0 Å². The molecule has 0 unspecified atom stereocenters. The summed E-state index contributed by atoms with van der Waals surface area (Å²) in [5.74, 6) is 3.98. The Hall–Kier alpha value is -0.410. The Balaban J connectivity index is 3.16. The van der Waals surface area contributed by atoms with Crippen molar-refractivity contribution in [2.45, 2.75) is 6.92 Å². The van der Waals surface area contributed by atoms with Crippen LogP contribution in [0.25, 0.3) is 0 Å². The number of carbonyl (C=O) groups is 1. The fourth-order valence-electron chi connectivity index (χ4n) is 1.05. The Morgan fingerprint density at radius 2 is 1.71 bits per heavy atom. The maximum atomic E-state index is 12.0. The quantitative estimate of drug-likeness (QED) is 0.717. The highest BCUT2D eigenvalue weighted by molar-refractivity contribution is 9.63. The van der Waals surface area contributed by atoms with E-state index < -0.39 is 7.18 Å². The van der Waals surface area contributed by atoms with Gasteiger partial charge in [-0.15, -0.1) is 7.18 Å². The summed E-state index contributed by atoms with van der Waals surface area (Å²) in [4.78, 5) is 12.0. The number of halogens is 1. The number of hydrogen-bond donors (Lipinski definition) is 0. The van der Waals surface area contributed by atoms with Gasteiger partial charge in [0.05, 0.1) is 0 Å². The zero-order chi connectivity index (χ0) is 11.0. The van der Waals surface area contributed by atoms with E-state index in [1.165, 1.54) is 0 Å². The van der Waals surface area contributed by atoms with Crippen molar-refractivity contribution in [2.75, 3.05) is 12.5 Å². The molecule has 0 heterocycles. The Morgan fingerprint density at radius 1 is 1.29 bits per heavy atom. The smallest absolute Gasteiger partial charge is 0.206 e. The number of hydrogen-bond acceptors (Lipinski definition) is 1. The summed E-state index contributed by atoms with van der Waals surface area (Å²) >= 11 is 3.45. The zero-order valence-corrected chi connectivity index (χ0v) is 11.1. The van der Waals surface area contributed by atoms with Gasteiger partial charge in [-0.3, -0.25) is 4.79 Å². The predicted octanol–water partition coefficient (Wildman–Crippen LogP) is 3.48. The topological polar surface area (TPSA) is 17.1 Å². The van der Waals surface area contributed by atoms with Crippen LogP contribution in [0.15, 0.2) is 24.3 Å². The maximum absolute atomic E-state index is 12.0. The normalized spacial score (nSPS) is 14.4. The van der Waals surface area contributed by atoms with Crippen molar-refractivity contribution >= 4 is 33.0 Å². The van der Waals surface area contributed by atoms with Gasteiger partial charge in [-0.1, -0.05) is 35.7 Å². The molecule has 0 aliphatic rings. The molecular formula is C11H15BrOS. The highest BCUT2D eigenvalue weighted by Gasteiger charge is 2.25. The third-order valence-electron chi connectivity index (χ3n) is 1.86. The fourth-order valence-corrected chi connectivity index (χ4v) is 2.48. The van der Waals surface area contributed by atoms with Gasteiger partial charge >= 0.3 is 0 Å². The maximum Gasteiger partial charge on any atom is 0.206 e. The summed E-state index contributed by atoms with van der Waals surface area (Å²) in [7, 11) is -2.32. The average Bonchev–Trinajstić information content (AvgIpc) is 2.01. The average molecular weight is 275 g/mol. The highest BCUT2D eigenvalue weighted by atomic mass is 79.9. The molecule has 0 bridgehead atoms. The summed E-state index contributed by atoms with van der Waals surface area (Å²) < 4.78 is 0. The van der Waals surface area contributed by atoms with Crippen LogP contribution in [0, 0.1) is 6.92 Å². The molecule has 0 aromatic heterocycles. The second kappa shape index (κ2) is 3.31. The molecule has 0 aliphatic heterocycles.